The second-order valence-electron chi connectivity index (χ2n) is 8.57. The number of morpholine rings is 1. The first-order valence-electron chi connectivity index (χ1n) is 11.6. The molecule has 4 rings (SSSR count). The number of nitrogens with zero attached hydrogens (tertiary/aromatic N) is 3. The minimum atomic E-state index is -0.914. The minimum Gasteiger partial charge on any atom is -0.497 e. The van der Waals surface area contributed by atoms with E-state index < -0.39 is 18.0 Å². The summed E-state index contributed by atoms with van der Waals surface area (Å²) in [5, 5.41) is 5.55. The van der Waals surface area contributed by atoms with Gasteiger partial charge in [-0.2, -0.15) is 0 Å². The van der Waals surface area contributed by atoms with E-state index in [2.05, 4.69) is 10.6 Å². The van der Waals surface area contributed by atoms with Gasteiger partial charge in [-0.15, -0.1) is 0 Å². The number of carbonyl (C=O) groups excluding carboxylic acids is 4. The van der Waals surface area contributed by atoms with E-state index in [9.17, 15) is 19.2 Å². The molecule has 0 spiro atoms. The van der Waals surface area contributed by atoms with Gasteiger partial charge in [0.2, 0.25) is 11.8 Å². The lowest BCUT2D eigenvalue weighted by atomic mass is 10.0. The molecule has 0 bridgehead atoms. The van der Waals surface area contributed by atoms with Crippen molar-refractivity contribution in [2.45, 2.75) is 24.9 Å². The summed E-state index contributed by atoms with van der Waals surface area (Å²) in [6, 6.07) is 4.94. The Morgan fingerprint density at radius 1 is 1.06 bits per heavy atom. The first kappa shape index (κ1) is 23.8. The van der Waals surface area contributed by atoms with E-state index in [1.807, 2.05) is 0 Å². The first-order chi connectivity index (χ1) is 16.5. The van der Waals surface area contributed by atoms with E-state index in [0.717, 1.165) is 6.42 Å². The predicted molar refractivity (Wildman–Crippen MR) is 121 cm³/mol. The highest BCUT2D eigenvalue weighted by molar-refractivity contribution is 5.99. The van der Waals surface area contributed by atoms with E-state index in [4.69, 9.17) is 9.47 Å². The molecule has 0 radical (unpaired) electrons. The van der Waals surface area contributed by atoms with Crippen LogP contribution in [0.15, 0.2) is 24.3 Å². The molecule has 3 aliphatic heterocycles. The Kier molecular flexibility index (Phi) is 7.51. The Hall–Kier alpha value is -3.34. The first-order valence-corrected chi connectivity index (χ1v) is 11.6. The smallest absolute Gasteiger partial charge is 0.320 e. The topological polar surface area (TPSA) is 121 Å². The standard InChI is InChI=1S/C23H31N5O6/c1-33-17-6-4-16(5-7-17)22(31)28-10-9-27(23(32)26-11-13-34-14-12-26)15-19(28)21(30)25-18-3-2-8-24-20(18)29/h4-7,18-19H,2-3,8-15H2,1H3,(H,24,29)(H,25,30)/t18-,19+/m0/s1. The van der Waals surface area contributed by atoms with Crippen LogP contribution in [-0.2, 0) is 14.3 Å². The summed E-state index contributed by atoms with van der Waals surface area (Å²) in [7, 11) is 1.54. The molecule has 11 heteroatoms. The number of ether oxygens (including phenoxy) is 2. The number of hydrogen-bond donors (Lipinski definition) is 2. The monoisotopic (exact) mass is 473 g/mol. The number of benzene rings is 1. The van der Waals surface area contributed by atoms with Crippen molar-refractivity contribution in [3.05, 3.63) is 29.8 Å². The molecule has 34 heavy (non-hydrogen) atoms. The Bertz CT molecular complexity index is 917. The van der Waals surface area contributed by atoms with Crippen LogP contribution in [0.25, 0.3) is 0 Å². The lowest BCUT2D eigenvalue weighted by Gasteiger charge is -2.43. The average Bonchev–Trinajstić information content (AvgIpc) is 2.89. The maximum Gasteiger partial charge on any atom is 0.320 e. The molecule has 184 valence electrons. The predicted octanol–water partition coefficient (Wildman–Crippen LogP) is -0.331. The number of carbonyl (C=O) groups is 4. The van der Waals surface area contributed by atoms with Gasteiger partial charge >= 0.3 is 6.03 Å². The summed E-state index contributed by atoms with van der Waals surface area (Å²) in [6.07, 6.45) is 1.30. The molecule has 2 N–H and O–H groups in total. The fraction of sp³-hybridized carbons (Fsp3) is 0.565. The maximum absolute atomic E-state index is 13.3. The van der Waals surface area contributed by atoms with E-state index in [1.54, 1.807) is 41.2 Å². The van der Waals surface area contributed by atoms with Gasteiger partial charge < -0.3 is 34.8 Å². The summed E-state index contributed by atoms with van der Waals surface area (Å²) < 4.78 is 10.5. The van der Waals surface area contributed by atoms with Crippen molar-refractivity contribution in [2.75, 3.05) is 59.6 Å². The largest absolute Gasteiger partial charge is 0.497 e. The normalized spacial score (nSPS) is 23.2. The molecule has 3 saturated heterocycles. The van der Waals surface area contributed by atoms with Crippen molar-refractivity contribution in [1.29, 1.82) is 0 Å². The highest BCUT2D eigenvalue weighted by Crippen LogP contribution is 2.19. The molecule has 3 fully saturated rings. The minimum absolute atomic E-state index is 0.0538. The van der Waals surface area contributed by atoms with Gasteiger partial charge in [0, 0.05) is 38.3 Å². The molecule has 5 amide bonds. The summed E-state index contributed by atoms with van der Waals surface area (Å²) in [5.74, 6) is -0.363. The number of piperazine rings is 1. The van der Waals surface area contributed by atoms with Crippen LogP contribution in [0, 0.1) is 0 Å². The molecule has 0 unspecified atom stereocenters. The summed E-state index contributed by atoms with van der Waals surface area (Å²) >= 11 is 0. The second-order valence-corrected chi connectivity index (χ2v) is 8.57. The lowest BCUT2D eigenvalue weighted by Crippen LogP contribution is -2.65. The number of amides is 5. The maximum atomic E-state index is 13.3. The molecule has 2 atom stereocenters. The van der Waals surface area contributed by atoms with Crippen molar-refractivity contribution in [3.63, 3.8) is 0 Å². The number of urea groups is 1. The second kappa shape index (κ2) is 10.7. The molecule has 3 heterocycles. The van der Waals surface area contributed by atoms with Crippen LogP contribution in [0.1, 0.15) is 23.2 Å². The van der Waals surface area contributed by atoms with Crippen LogP contribution in [0.2, 0.25) is 0 Å². The Morgan fingerprint density at radius 3 is 2.47 bits per heavy atom. The number of piperidine rings is 1. The SMILES string of the molecule is COc1ccc(C(=O)N2CCN(C(=O)N3CCOCC3)C[C@@H]2C(=O)N[C@H]2CCCNC2=O)cc1. The molecular weight excluding hydrogens is 442 g/mol. The van der Waals surface area contributed by atoms with Gasteiger partial charge in [-0.3, -0.25) is 14.4 Å². The van der Waals surface area contributed by atoms with E-state index in [0.29, 0.717) is 57.1 Å². The van der Waals surface area contributed by atoms with Gasteiger partial charge in [-0.05, 0) is 37.1 Å². The van der Waals surface area contributed by atoms with Crippen LogP contribution < -0.4 is 15.4 Å². The molecule has 0 aliphatic carbocycles. The van der Waals surface area contributed by atoms with Gasteiger partial charge in [0.05, 0.1) is 26.9 Å². The van der Waals surface area contributed by atoms with Crippen molar-refractivity contribution in [2.24, 2.45) is 0 Å². The van der Waals surface area contributed by atoms with Crippen molar-refractivity contribution >= 4 is 23.8 Å². The van der Waals surface area contributed by atoms with Gasteiger partial charge in [-0.1, -0.05) is 0 Å². The third kappa shape index (κ3) is 5.24. The fourth-order valence-electron chi connectivity index (χ4n) is 4.46. The highest BCUT2D eigenvalue weighted by atomic mass is 16.5. The van der Waals surface area contributed by atoms with Gasteiger partial charge in [0.15, 0.2) is 0 Å². The molecule has 1 aromatic rings. The van der Waals surface area contributed by atoms with E-state index in [1.165, 1.54) is 4.90 Å². The summed E-state index contributed by atoms with van der Waals surface area (Å²) in [4.78, 5) is 56.7. The van der Waals surface area contributed by atoms with E-state index >= 15 is 0 Å². The molecule has 0 saturated carbocycles. The van der Waals surface area contributed by atoms with Crippen LogP contribution in [-0.4, -0.2) is 110 Å². The number of hydrogen-bond acceptors (Lipinski definition) is 6. The molecule has 11 nitrogen and oxygen atoms in total. The highest BCUT2D eigenvalue weighted by Gasteiger charge is 2.40. The molecule has 0 aromatic heterocycles. The van der Waals surface area contributed by atoms with Crippen molar-refractivity contribution in [1.82, 2.24) is 25.3 Å². The Morgan fingerprint density at radius 2 is 1.79 bits per heavy atom. The lowest BCUT2D eigenvalue weighted by molar-refractivity contribution is -0.133. The molecule has 1 aromatic carbocycles. The van der Waals surface area contributed by atoms with E-state index in [-0.39, 0.29) is 30.9 Å². The third-order valence-corrected chi connectivity index (χ3v) is 6.43. The molecule has 3 aliphatic rings. The number of methoxy groups -OCH3 is 1. The van der Waals surface area contributed by atoms with Crippen molar-refractivity contribution < 1.29 is 28.7 Å². The van der Waals surface area contributed by atoms with Gasteiger partial charge in [0.1, 0.15) is 17.8 Å². The Labute approximate surface area is 198 Å². The average molecular weight is 474 g/mol. The zero-order valence-corrected chi connectivity index (χ0v) is 19.3. The zero-order valence-electron chi connectivity index (χ0n) is 19.3. The van der Waals surface area contributed by atoms with Crippen LogP contribution >= 0.6 is 0 Å². The summed E-state index contributed by atoms with van der Waals surface area (Å²) in [6.45, 7) is 3.08. The van der Waals surface area contributed by atoms with Crippen LogP contribution in [0.5, 0.6) is 5.75 Å². The van der Waals surface area contributed by atoms with Crippen LogP contribution in [0.4, 0.5) is 4.79 Å². The van der Waals surface area contributed by atoms with Gasteiger partial charge in [-0.25, -0.2) is 4.79 Å². The quantitative estimate of drug-likeness (QED) is 0.618. The summed E-state index contributed by atoms with van der Waals surface area (Å²) in [5.41, 5.74) is 0.418. The fourth-order valence-corrected chi connectivity index (χ4v) is 4.46. The van der Waals surface area contributed by atoms with Crippen molar-refractivity contribution in [3.8, 4) is 5.75 Å². The number of rotatable bonds is 4. The van der Waals surface area contributed by atoms with Crippen LogP contribution in [0.3, 0.4) is 0 Å². The zero-order chi connectivity index (χ0) is 24.1. The Balaban J connectivity index is 1.52. The third-order valence-electron chi connectivity index (χ3n) is 6.43. The van der Waals surface area contributed by atoms with Gasteiger partial charge in [0.25, 0.3) is 5.91 Å². The number of nitrogens with one attached hydrogen (secondary N) is 2. The molecular formula is C23H31N5O6.